The second-order valence-corrected chi connectivity index (χ2v) is 4.30. The van der Waals surface area contributed by atoms with Gasteiger partial charge in [0.25, 0.3) is 0 Å². The lowest BCUT2D eigenvalue weighted by atomic mass is 10.00. The number of hydrogen-bond acceptors (Lipinski definition) is 3. The van der Waals surface area contributed by atoms with Crippen molar-refractivity contribution < 1.29 is 4.79 Å². The van der Waals surface area contributed by atoms with Crippen molar-refractivity contribution in [3.05, 3.63) is 47.1 Å². The van der Waals surface area contributed by atoms with Crippen molar-refractivity contribution in [1.29, 1.82) is 0 Å². The van der Waals surface area contributed by atoms with Crippen LogP contribution in [-0.4, -0.2) is 18.7 Å². The van der Waals surface area contributed by atoms with Crippen molar-refractivity contribution in [3.63, 3.8) is 0 Å². The Bertz CT molecular complexity index is 611. The number of fused-ring (bicyclic) bond motifs is 2. The Labute approximate surface area is 105 Å². The van der Waals surface area contributed by atoms with Crippen LogP contribution in [0.25, 0.3) is 5.70 Å². The Morgan fingerprint density at radius 1 is 1.39 bits per heavy atom. The number of amides is 1. The van der Waals surface area contributed by atoms with Gasteiger partial charge in [-0.1, -0.05) is 12.2 Å². The zero-order valence-corrected chi connectivity index (χ0v) is 9.81. The van der Waals surface area contributed by atoms with Crippen molar-refractivity contribution in [2.24, 2.45) is 10.7 Å². The molecule has 4 nitrogen and oxygen atoms in total. The van der Waals surface area contributed by atoms with Crippen LogP contribution in [0.1, 0.15) is 22.3 Å². The molecule has 4 heteroatoms. The van der Waals surface area contributed by atoms with Crippen molar-refractivity contribution >= 4 is 23.5 Å². The maximum absolute atomic E-state index is 11.2. The van der Waals surface area contributed by atoms with E-state index in [0.29, 0.717) is 5.56 Å². The number of nitrogens with one attached hydrogen (secondary N) is 1. The number of nitrogens with zero attached hydrogens (tertiary/aromatic N) is 1. The molecule has 90 valence electrons. The molecule has 0 spiro atoms. The summed E-state index contributed by atoms with van der Waals surface area (Å²) in [6.07, 6.45) is 6.87. The maximum Gasteiger partial charge on any atom is 0.248 e. The van der Waals surface area contributed by atoms with Gasteiger partial charge in [0.15, 0.2) is 0 Å². The molecule has 0 unspecified atom stereocenters. The van der Waals surface area contributed by atoms with Crippen LogP contribution in [0.15, 0.2) is 40.9 Å². The number of aliphatic imine (C=N–C) groups is 1. The van der Waals surface area contributed by atoms with Gasteiger partial charge in [0, 0.05) is 36.0 Å². The summed E-state index contributed by atoms with van der Waals surface area (Å²) < 4.78 is 0. The Balaban J connectivity index is 2.17. The summed E-state index contributed by atoms with van der Waals surface area (Å²) in [6.45, 7) is 0.815. The van der Waals surface area contributed by atoms with Gasteiger partial charge >= 0.3 is 0 Å². The molecule has 0 saturated heterocycles. The van der Waals surface area contributed by atoms with Crippen LogP contribution in [0.3, 0.4) is 0 Å². The van der Waals surface area contributed by atoms with Crippen LogP contribution in [0, 0.1) is 0 Å². The number of nitrogens with two attached hydrogens (primary N) is 1. The van der Waals surface area contributed by atoms with Gasteiger partial charge in [0.05, 0.1) is 5.69 Å². The highest BCUT2D eigenvalue weighted by Crippen LogP contribution is 2.32. The number of carbonyl (C=O) groups excluding carboxylic acids is 1. The van der Waals surface area contributed by atoms with E-state index in [1.807, 2.05) is 12.3 Å². The van der Waals surface area contributed by atoms with Gasteiger partial charge < -0.3 is 11.1 Å². The molecule has 18 heavy (non-hydrogen) atoms. The summed E-state index contributed by atoms with van der Waals surface area (Å²) in [5, 5.41) is 3.36. The fourth-order valence-electron chi connectivity index (χ4n) is 2.24. The van der Waals surface area contributed by atoms with E-state index in [1.165, 1.54) is 5.57 Å². The van der Waals surface area contributed by atoms with Crippen molar-refractivity contribution in [2.75, 3.05) is 6.54 Å². The predicted molar refractivity (Wildman–Crippen MR) is 71.8 cm³/mol. The first-order valence-electron chi connectivity index (χ1n) is 5.86. The van der Waals surface area contributed by atoms with Crippen LogP contribution in [-0.2, 0) is 0 Å². The first-order chi connectivity index (χ1) is 8.75. The molecule has 0 radical (unpaired) electrons. The van der Waals surface area contributed by atoms with E-state index in [2.05, 4.69) is 22.5 Å². The molecule has 1 aromatic carbocycles. The van der Waals surface area contributed by atoms with Crippen LogP contribution in [0.2, 0.25) is 0 Å². The van der Waals surface area contributed by atoms with E-state index in [-0.39, 0.29) is 0 Å². The summed E-state index contributed by atoms with van der Waals surface area (Å²) >= 11 is 0. The van der Waals surface area contributed by atoms with Crippen LogP contribution < -0.4 is 11.1 Å². The van der Waals surface area contributed by atoms with E-state index >= 15 is 0 Å². The number of rotatable bonds is 1. The number of primary amides is 1. The summed E-state index contributed by atoms with van der Waals surface area (Å²) in [5.41, 5.74) is 9.90. The standard InChI is InChI=1S/C14H13N3O/c15-14(18)10-3-4-11-12(8-10)16-7-5-9-2-1-6-17-13(9)11/h1-4,7-8,17H,5-6H2,(H2,15,18). The smallest absolute Gasteiger partial charge is 0.248 e. The van der Waals surface area contributed by atoms with Gasteiger partial charge in [-0.15, -0.1) is 0 Å². The van der Waals surface area contributed by atoms with Crippen LogP contribution in [0.4, 0.5) is 5.69 Å². The quantitative estimate of drug-likeness (QED) is 0.784. The minimum absolute atomic E-state index is 0.428. The van der Waals surface area contributed by atoms with Crippen molar-refractivity contribution in [3.8, 4) is 0 Å². The third-order valence-corrected chi connectivity index (χ3v) is 3.13. The Kier molecular flexibility index (Phi) is 2.48. The maximum atomic E-state index is 11.2. The van der Waals surface area contributed by atoms with Crippen molar-refractivity contribution in [1.82, 2.24) is 5.32 Å². The minimum Gasteiger partial charge on any atom is -0.381 e. The molecule has 2 aliphatic rings. The van der Waals surface area contributed by atoms with Gasteiger partial charge in [-0.25, -0.2) is 0 Å². The first-order valence-corrected chi connectivity index (χ1v) is 5.86. The summed E-state index contributed by atoms with van der Waals surface area (Å²) in [5.74, 6) is -0.428. The number of carbonyl (C=O) groups is 1. The van der Waals surface area contributed by atoms with E-state index in [1.54, 1.807) is 12.1 Å². The van der Waals surface area contributed by atoms with E-state index in [9.17, 15) is 4.79 Å². The monoisotopic (exact) mass is 239 g/mol. The zero-order chi connectivity index (χ0) is 12.5. The summed E-state index contributed by atoms with van der Waals surface area (Å²) in [7, 11) is 0. The molecule has 1 aromatic rings. The molecule has 0 aromatic heterocycles. The number of allylic oxidation sites excluding steroid dienone is 2. The highest BCUT2D eigenvalue weighted by Gasteiger charge is 2.16. The minimum atomic E-state index is -0.428. The average Bonchev–Trinajstić information content (AvgIpc) is 2.57. The van der Waals surface area contributed by atoms with Gasteiger partial charge in [-0.3, -0.25) is 9.79 Å². The molecule has 3 rings (SSSR count). The first kappa shape index (κ1) is 10.8. The molecule has 0 fully saturated rings. The summed E-state index contributed by atoms with van der Waals surface area (Å²) in [6, 6.07) is 5.39. The van der Waals surface area contributed by atoms with Gasteiger partial charge in [-0.2, -0.15) is 0 Å². The third kappa shape index (κ3) is 1.72. The lowest BCUT2D eigenvalue weighted by Crippen LogP contribution is -2.17. The van der Waals surface area contributed by atoms with Crippen molar-refractivity contribution in [2.45, 2.75) is 6.42 Å². The van der Waals surface area contributed by atoms with E-state index in [0.717, 1.165) is 29.9 Å². The number of benzene rings is 1. The largest absolute Gasteiger partial charge is 0.381 e. The van der Waals surface area contributed by atoms with Gasteiger partial charge in [0.1, 0.15) is 0 Å². The molecule has 2 aliphatic heterocycles. The normalized spacial score (nSPS) is 16.7. The Hall–Kier alpha value is -2.36. The lowest BCUT2D eigenvalue weighted by Gasteiger charge is -2.17. The molecule has 0 bridgehead atoms. The van der Waals surface area contributed by atoms with Gasteiger partial charge in [0.2, 0.25) is 5.91 Å². The number of dihydropyridines is 1. The van der Waals surface area contributed by atoms with Crippen LogP contribution >= 0.6 is 0 Å². The molecule has 0 atom stereocenters. The number of hydrogen-bond donors (Lipinski definition) is 2. The molecular weight excluding hydrogens is 226 g/mol. The van der Waals surface area contributed by atoms with E-state index < -0.39 is 5.91 Å². The topological polar surface area (TPSA) is 67.5 Å². The predicted octanol–water partition coefficient (Wildman–Crippen LogP) is 1.76. The fraction of sp³-hybridized carbons (Fsp3) is 0.143. The SMILES string of the molecule is NC(=O)c1ccc2c(c1)N=CCC1=C2NCC=C1. The summed E-state index contributed by atoms with van der Waals surface area (Å²) in [4.78, 5) is 15.6. The molecule has 1 amide bonds. The average molecular weight is 239 g/mol. The Morgan fingerprint density at radius 2 is 2.28 bits per heavy atom. The molecular formula is C14H13N3O. The zero-order valence-electron chi connectivity index (χ0n) is 9.81. The molecule has 0 aliphatic carbocycles. The molecule has 2 heterocycles. The lowest BCUT2D eigenvalue weighted by molar-refractivity contribution is 0.100. The fourth-order valence-corrected chi connectivity index (χ4v) is 2.24. The second kappa shape index (κ2) is 4.14. The Morgan fingerprint density at radius 3 is 3.11 bits per heavy atom. The highest BCUT2D eigenvalue weighted by atomic mass is 16.1. The third-order valence-electron chi connectivity index (χ3n) is 3.13. The molecule has 3 N–H and O–H groups in total. The van der Waals surface area contributed by atoms with Crippen LogP contribution in [0.5, 0.6) is 0 Å². The van der Waals surface area contributed by atoms with E-state index in [4.69, 9.17) is 5.73 Å². The highest BCUT2D eigenvalue weighted by molar-refractivity contribution is 5.96. The van der Waals surface area contributed by atoms with Gasteiger partial charge in [-0.05, 0) is 23.8 Å². The second-order valence-electron chi connectivity index (χ2n) is 4.30. The molecule has 0 saturated carbocycles.